The molecule has 5 heteroatoms. The Balaban J connectivity index is 1.87. The summed E-state index contributed by atoms with van der Waals surface area (Å²) in [6, 6.07) is 0. The summed E-state index contributed by atoms with van der Waals surface area (Å²) >= 11 is 1.48. The summed E-state index contributed by atoms with van der Waals surface area (Å²) in [7, 11) is 0. The molecule has 1 N–H and O–H groups in total. The van der Waals surface area contributed by atoms with Gasteiger partial charge in [0.05, 0.1) is 0 Å². The number of nitrogens with one attached hydrogen (secondary N) is 1. The fourth-order valence-corrected chi connectivity index (χ4v) is 2.84. The van der Waals surface area contributed by atoms with Crippen molar-refractivity contribution in [1.29, 1.82) is 0 Å². The van der Waals surface area contributed by atoms with Crippen LogP contribution in [0.25, 0.3) is 0 Å². The van der Waals surface area contributed by atoms with E-state index in [9.17, 15) is 0 Å². The molecule has 1 aromatic heterocycles. The highest BCUT2D eigenvalue weighted by Crippen LogP contribution is 2.28. The van der Waals surface area contributed by atoms with Crippen LogP contribution in [-0.4, -0.2) is 34.1 Å². The molecular formula is C13H24N4S. The normalized spacial score (nSPS) is 15.9. The summed E-state index contributed by atoms with van der Waals surface area (Å²) < 4.78 is 4.08. The van der Waals surface area contributed by atoms with Crippen molar-refractivity contribution < 1.29 is 0 Å². The van der Waals surface area contributed by atoms with Crippen LogP contribution in [0.5, 0.6) is 0 Å². The first-order valence-corrected chi connectivity index (χ1v) is 7.88. The minimum Gasteiger partial charge on any atom is -0.374 e. The first-order valence-electron chi connectivity index (χ1n) is 7.11. The summed E-state index contributed by atoms with van der Waals surface area (Å²) in [5, 5.41) is 8.85. The van der Waals surface area contributed by atoms with Crippen LogP contribution in [0.1, 0.15) is 45.2 Å². The van der Waals surface area contributed by atoms with Gasteiger partial charge < -0.3 is 5.32 Å². The molecule has 2 rings (SSSR count). The molecule has 1 saturated carbocycles. The standard InChI is InChI=1S/C13H24N4S/c1-3-8-14-13-12(15-16-18-13)10-17(4-2)9-11-6-5-7-11/h11,14H,3-10H2,1-2H3. The van der Waals surface area contributed by atoms with Gasteiger partial charge in [0.25, 0.3) is 0 Å². The third-order valence-corrected chi connectivity index (χ3v) is 4.38. The Hall–Kier alpha value is -0.680. The van der Waals surface area contributed by atoms with E-state index in [4.69, 9.17) is 0 Å². The average molecular weight is 268 g/mol. The molecule has 0 aromatic carbocycles. The van der Waals surface area contributed by atoms with E-state index >= 15 is 0 Å². The zero-order valence-corrected chi connectivity index (χ0v) is 12.3. The second-order valence-corrected chi connectivity index (χ2v) is 5.85. The van der Waals surface area contributed by atoms with Gasteiger partial charge in [0.15, 0.2) is 0 Å². The molecule has 18 heavy (non-hydrogen) atoms. The lowest BCUT2D eigenvalue weighted by molar-refractivity contribution is 0.177. The Morgan fingerprint density at radius 3 is 2.83 bits per heavy atom. The van der Waals surface area contributed by atoms with Gasteiger partial charge in [-0.2, -0.15) is 0 Å². The largest absolute Gasteiger partial charge is 0.374 e. The van der Waals surface area contributed by atoms with E-state index in [0.29, 0.717) is 0 Å². The zero-order valence-electron chi connectivity index (χ0n) is 11.5. The van der Waals surface area contributed by atoms with Crippen LogP contribution in [0, 0.1) is 5.92 Å². The number of anilines is 1. The van der Waals surface area contributed by atoms with E-state index in [0.717, 1.165) is 42.7 Å². The molecule has 102 valence electrons. The predicted octanol–water partition coefficient (Wildman–Crippen LogP) is 2.98. The molecule has 0 atom stereocenters. The maximum Gasteiger partial charge on any atom is 0.134 e. The molecule has 0 bridgehead atoms. The van der Waals surface area contributed by atoms with Crippen molar-refractivity contribution in [3.8, 4) is 0 Å². The van der Waals surface area contributed by atoms with E-state index < -0.39 is 0 Å². The number of aromatic nitrogens is 2. The third kappa shape index (κ3) is 3.65. The smallest absolute Gasteiger partial charge is 0.134 e. The van der Waals surface area contributed by atoms with Crippen LogP contribution in [0.4, 0.5) is 5.00 Å². The molecule has 1 aromatic rings. The van der Waals surface area contributed by atoms with Crippen molar-refractivity contribution in [3.63, 3.8) is 0 Å². The molecule has 1 aliphatic rings. The molecule has 1 aliphatic carbocycles. The summed E-state index contributed by atoms with van der Waals surface area (Å²) in [5.41, 5.74) is 1.12. The zero-order chi connectivity index (χ0) is 12.8. The summed E-state index contributed by atoms with van der Waals surface area (Å²) in [6.07, 6.45) is 5.38. The lowest BCUT2D eigenvalue weighted by atomic mass is 9.85. The van der Waals surface area contributed by atoms with E-state index in [2.05, 4.69) is 33.7 Å². The number of hydrogen-bond donors (Lipinski definition) is 1. The summed E-state index contributed by atoms with van der Waals surface area (Å²) in [6.45, 7) is 8.68. The molecule has 0 spiro atoms. The average Bonchev–Trinajstić information content (AvgIpc) is 2.76. The van der Waals surface area contributed by atoms with Gasteiger partial charge in [0.1, 0.15) is 10.7 Å². The highest BCUT2D eigenvalue weighted by Gasteiger charge is 2.21. The van der Waals surface area contributed by atoms with Gasteiger partial charge in [0, 0.05) is 31.2 Å². The number of nitrogens with zero attached hydrogens (tertiary/aromatic N) is 3. The van der Waals surface area contributed by atoms with E-state index in [1.807, 2.05) is 0 Å². The highest BCUT2D eigenvalue weighted by molar-refractivity contribution is 7.10. The molecule has 1 fully saturated rings. The molecule has 1 heterocycles. The van der Waals surface area contributed by atoms with E-state index in [1.165, 1.54) is 37.3 Å². The number of rotatable bonds is 8. The first kappa shape index (κ1) is 13.7. The van der Waals surface area contributed by atoms with Crippen molar-refractivity contribution in [2.24, 2.45) is 5.92 Å². The fraction of sp³-hybridized carbons (Fsp3) is 0.846. The van der Waals surface area contributed by atoms with Crippen LogP contribution in [-0.2, 0) is 6.54 Å². The molecule has 0 aliphatic heterocycles. The monoisotopic (exact) mass is 268 g/mol. The van der Waals surface area contributed by atoms with Gasteiger partial charge >= 0.3 is 0 Å². The minimum absolute atomic E-state index is 0.920. The second-order valence-electron chi connectivity index (χ2n) is 5.10. The molecular weight excluding hydrogens is 244 g/mol. The quantitative estimate of drug-likeness (QED) is 0.787. The van der Waals surface area contributed by atoms with Gasteiger partial charge in [-0.3, -0.25) is 4.90 Å². The van der Waals surface area contributed by atoms with Crippen LogP contribution < -0.4 is 5.32 Å². The number of hydrogen-bond acceptors (Lipinski definition) is 5. The van der Waals surface area contributed by atoms with Gasteiger partial charge in [-0.1, -0.05) is 24.8 Å². The Morgan fingerprint density at radius 1 is 1.39 bits per heavy atom. The van der Waals surface area contributed by atoms with Gasteiger partial charge in [-0.15, -0.1) is 5.10 Å². The maximum atomic E-state index is 4.27. The summed E-state index contributed by atoms with van der Waals surface area (Å²) in [4.78, 5) is 2.50. The fourth-order valence-electron chi connectivity index (χ4n) is 2.24. The predicted molar refractivity (Wildman–Crippen MR) is 77.0 cm³/mol. The van der Waals surface area contributed by atoms with Gasteiger partial charge in [-0.25, -0.2) is 0 Å². The van der Waals surface area contributed by atoms with Crippen LogP contribution >= 0.6 is 11.5 Å². The van der Waals surface area contributed by atoms with Crippen molar-refractivity contribution >= 4 is 16.5 Å². The van der Waals surface area contributed by atoms with Crippen molar-refractivity contribution in [2.45, 2.75) is 46.1 Å². The van der Waals surface area contributed by atoms with Gasteiger partial charge in [0.2, 0.25) is 0 Å². The SMILES string of the molecule is CCCNc1snnc1CN(CC)CC1CCC1. The van der Waals surface area contributed by atoms with Crippen LogP contribution in [0.2, 0.25) is 0 Å². The van der Waals surface area contributed by atoms with Gasteiger partial charge in [-0.05, 0) is 31.7 Å². The highest BCUT2D eigenvalue weighted by atomic mass is 32.1. The molecule has 0 saturated heterocycles. The summed E-state index contributed by atoms with van der Waals surface area (Å²) in [5.74, 6) is 0.920. The Kier molecular flexibility index (Phi) is 5.38. The van der Waals surface area contributed by atoms with Crippen molar-refractivity contribution in [3.05, 3.63) is 5.69 Å². The third-order valence-electron chi connectivity index (χ3n) is 3.65. The lowest BCUT2D eigenvalue weighted by Gasteiger charge is -2.31. The van der Waals surface area contributed by atoms with E-state index in [1.54, 1.807) is 0 Å². The van der Waals surface area contributed by atoms with Crippen molar-refractivity contribution in [1.82, 2.24) is 14.5 Å². The minimum atomic E-state index is 0.920. The Bertz CT molecular complexity index is 349. The maximum absolute atomic E-state index is 4.27. The lowest BCUT2D eigenvalue weighted by Crippen LogP contribution is -2.32. The molecule has 0 unspecified atom stereocenters. The van der Waals surface area contributed by atoms with Crippen LogP contribution in [0.15, 0.2) is 0 Å². The Morgan fingerprint density at radius 2 is 2.22 bits per heavy atom. The van der Waals surface area contributed by atoms with E-state index in [-0.39, 0.29) is 0 Å². The topological polar surface area (TPSA) is 41.1 Å². The van der Waals surface area contributed by atoms with Crippen molar-refractivity contribution in [2.75, 3.05) is 25.0 Å². The second kappa shape index (κ2) is 7.04. The first-order chi connectivity index (χ1) is 8.83. The molecule has 4 nitrogen and oxygen atoms in total. The van der Waals surface area contributed by atoms with Crippen LogP contribution in [0.3, 0.4) is 0 Å². The molecule has 0 amide bonds. The Labute approximate surface area is 114 Å². The molecule has 0 radical (unpaired) electrons.